The van der Waals surface area contributed by atoms with Crippen LogP contribution in [0.25, 0.3) is 22.3 Å². The molecule has 0 aliphatic rings. The highest BCUT2D eigenvalue weighted by atomic mass is 32.1. The number of fused-ring (bicyclic) bond motifs is 1. The Kier molecular flexibility index (Phi) is 4.59. The lowest BCUT2D eigenvalue weighted by molar-refractivity contribution is 0.224. The van der Waals surface area contributed by atoms with Gasteiger partial charge in [-0.2, -0.15) is 16.3 Å². The molecule has 7 nitrogen and oxygen atoms in total. The molecule has 1 aromatic carbocycles. The molecule has 0 bridgehead atoms. The Bertz CT molecular complexity index is 1070. The molecule has 26 heavy (non-hydrogen) atoms. The van der Waals surface area contributed by atoms with Crippen LogP contribution in [0.5, 0.6) is 0 Å². The van der Waals surface area contributed by atoms with Crippen LogP contribution in [0.1, 0.15) is 18.6 Å². The first kappa shape index (κ1) is 16.6. The van der Waals surface area contributed by atoms with Crippen molar-refractivity contribution in [2.75, 3.05) is 6.54 Å². The Morgan fingerprint density at radius 3 is 2.88 bits per heavy atom. The standard InChI is InChI=1S/C18H17N5O2S/c1-2-23(10-16-21-17(22-25-16)12-7-8-26-11-12)9-15-19-14-6-4-3-5-13(14)18(24)20-15/h3-8,11H,2,9-10H2,1H3,(H,19,20,24). The summed E-state index contributed by atoms with van der Waals surface area (Å²) < 4.78 is 5.36. The van der Waals surface area contributed by atoms with Crippen LogP contribution in [0, 0.1) is 0 Å². The van der Waals surface area contributed by atoms with E-state index in [1.165, 1.54) is 0 Å². The molecule has 0 aliphatic carbocycles. The molecule has 0 aliphatic heterocycles. The van der Waals surface area contributed by atoms with Crippen LogP contribution in [0.3, 0.4) is 0 Å². The van der Waals surface area contributed by atoms with E-state index in [1.807, 2.05) is 41.9 Å². The van der Waals surface area contributed by atoms with Gasteiger partial charge in [0.25, 0.3) is 5.56 Å². The molecule has 1 N–H and O–H groups in total. The maximum atomic E-state index is 12.2. The Hall–Kier alpha value is -2.84. The maximum absolute atomic E-state index is 12.2. The predicted octanol–water partition coefficient (Wildman–Crippen LogP) is 3.06. The molecule has 4 rings (SSSR count). The molecule has 3 aromatic heterocycles. The fourth-order valence-corrected chi connectivity index (χ4v) is 3.35. The Balaban J connectivity index is 1.52. The summed E-state index contributed by atoms with van der Waals surface area (Å²) in [6.07, 6.45) is 0. The third-order valence-corrected chi connectivity index (χ3v) is 4.77. The van der Waals surface area contributed by atoms with E-state index in [0.29, 0.717) is 41.5 Å². The van der Waals surface area contributed by atoms with E-state index in [1.54, 1.807) is 17.4 Å². The van der Waals surface area contributed by atoms with E-state index in [9.17, 15) is 4.79 Å². The molecule has 0 unspecified atom stereocenters. The van der Waals surface area contributed by atoms with Gasteiger partial charge in [0.2, 0.25) is 11.7 Å². The summed E-state index contributed by atoms with van der Waals surface area (Å²) in [7, 11) is 0. The van der Waals surface area contributed by atoms with Gasteiger partial charge in [-0.05, 0) is 30.1 Å². The van der Waals surface area contributed by atoms with Gasteiger partial charge in [-0.3, -0.25) is 9.69 Å². The Morgan fingerprint density at radius 2 is 2.08 bits per heavy atom. The summed E-state index contributed by atoms with van der Waals surface area (Å²) in [4.78, 5) is 26.1. The minimum absolute atomic E-state index is 0.126. The van der Waals surface area contributed by atoms with Crippen LogP contribution in [0.4, 0.5) is 0 Å². The Labute approximate surface area is 153 Å². The van der Waals surface area contributed by atoms with E-state index < -0.39 is 0 Å². The molecule has 0 fully saturated rings. The maximum Gasteiger partial charge on any atom is 0.258 e. The second-order valence-corrected chi connectivity index (χ2v) is 6.64. The van der Waals surface area contributed by atoms with Crippen molar-refractivity contribution >= 4 is 22.2 Å². The fourth-order valence-electron chi connectivity index (χ4n) is 2.72. The number of hydrogen-bond acceptors (Lipinski definition) is 7. The topological polar surface area (TPSA) is 87.9 Å². The molecule has 3 heterocycles. The quantitative estimate of drug-likeness (QED) is 0.563. The summed E-state index contributed by atoms with van der Waals surface area (Å²) in [5.41, 5.74) is 1.52. The number of benzene rings is 1. The minimum atomic E-state index is -0.126. The molecule has 0 atom stereocenters. The third kappa shape index (κ3) is 3.42. The number of aromatic nitrogens is 4. The monoisotopic (exact) mass is 367 g/mol. The van der Waals surface area contributed by atoms with Crippen molar-refractivity contribution in [3.8, 4) is 11.4 Å². The van der Waals surface area contributed by atoms with Gasteiger partial charge in [-0.15, -0.1) is 0 Å². The highest BCUT2D eigenvalue weighted by Crippen LogP contribution is 2.19. The van der Waals surface area contributed by atoms with Gasteiger partial charge < -0.3 is 9.51 Å². The lowest BCUT2D eigenvalue weighted by atomic mass is 10.2. The predicted molar refractivity (Wildman–Crippen MR) is 99.8 cm³/mol. The second-order valence-electron chi connectivity index (χ2n) is 5.86. The molecular formula is C18H17N5O2S. The van der Waals surface area contributed by atoms with Crippen molar-refractivity contribution < 1.29 is 4.52 Å². The summed E-state index contributed by atoms with van der Waals surface area (Å²) in [6, 6.07) is 9.28. The van der Waals surface area contributed by atoms with Crippen LogP contribution in [0.15, 0.2) is 50.4 Å². The minimum Gasteiger partial charge on any atom is -0.338 e. The van der Waals surface area contributed by atoms with E-state index in [2.05, 4.69) is 25.0 Å². The van der Waals surface area contributed by atoms with Crippen LogP contribution >= 0.6 is 11.3 Å². The van der Waals surface area contributed by atoms with Gasteiger partial charge in [0.05, 0.1) is 24.0 Å². The molecule has 0 spiro atoms. The molecule has 0 amide bonds. The molecule has 132 valence electrons. The number of H-pyrrole nitrogens is 1. The van der Waals surface area contributed by atoms with Gasteiger partial charge >= 0.3 is 0 Å². The number of nitrogens with zero attached hydrogens (tertiary/aromatic N) is 4. The van der Waals surface area contributed by atoms with Gasteiger partial charge in [0.1, 0.15) is 5.82 Å². The van der Waals surface area contributed by atoms with Crippen molar-refractivity contribution in [3.05, 3.63) is 63.2 Å². The molecule has 0 saturated carbocycles. The fraction of sp³-hybridized carbons (Fsp3) is 0.222. The van der Waals surface area contributed by atoms with E-state index in [4.69, 9.17) is 4.52 Å². The average Bonchev–Trinajstić information content (AvgIpc) is 3.33. The highest BCUT2D eigenvalue weighted by molar-refractivity contribution is 7.08. The third-order valence-electron chi connectivity index (χ3n) is 4.09. The largest absolute Gasteiger partial charge is 0.338 e. The van der Waals surface area contributed by atoms with Crippen LogP contribution in [-0.2, 0) is 13.1 Å². The summed E-state index contributed by atoms with van der Waals surface area (Å²) in [5, 5.41) is 8.58. The zero-order valence-corrected chi connectivity index (χ0v) is 15.0. The zero-order chi connectivity index (χ0) is 17.9. The first-order valence-corrected chi connectivity index (χ1v) is 9.22. The number of thiophene rings is 1. The van der Waals surface area contributed by atoms with Crippen molar-refractivity contribution in [1.29, 1.82) is 0 Å². The van der Waals surface area contributed by atoms with Crippen molar-refractivity contribution in [1.82, 2.24) is 25.0 Å². The average molecular weight is 367 g/mol. The molecule has 8 heteroatoms. The van der Waals surface area contributed by atoms with Gasteiger partial charge in [-0.25, -0.2) is 4.98 Å². The van der Waals surface area contributed by atoms with E-state index in [0.717, 1.165) is 12.1 Å². The zero-order valence-electron chi connectivity index (χ0n) is 14.2. The SMILES string of the molecule is CCN(Cc1nc2ccccc2c(=O)[nH]1)Cc1nc(-c2ccsc2)no1. The van der Waals surface area contributed by atoms with E-state index in [-0.39, 0.29) is 5.56 Å². The molecule has 0 saturated heterocycles. The first-order valence-electron chi connectivity index (χ1n) is 8.28. The van der Waals surface area contributed by atoms with Crippen molar-refractivity contribution in [2.24, 2.45) is 0 Å². The molecule has 0 radical (unpaired) electrons. The van der Waals surface area contributed by atoms with Gasteiger partial charge in [0.15, 0.2) is 0 Å². The Morgan fingerprint density at radius 1 is 1.19 bits per heavy atom. The second kappa shape index (κ2) is 7.19. The number of aromatic amines is 1. The number of para-hydroxylation sites is 1. The highest BCUT2D eigenvalue weighted by Gasteiger charge is 2.14. The smallest absolute Gasteiger partial charge is 0.258 e. The van der Waals surface area contributed by atoms with Crippen LogP contribution in [0.2, 0.25) is 0 Å². The van der Waals surface area contributed by atoms with Crippen LogP contribution in [-0.4, -0.2) is 31.6 Å². The van der Waals surface area contributed by atoms with Gasteiger partial charge in [0, 0.05) is 10.9 Å². The summed E-state index contributed by atoms with van der Waals surface area (Å²) in [5.74, 6) is 1.75. The normalized spacial score (nSPS) is 11.5. The van der Waals surface area contributed by atoms with Gasteiger partial charge in [-0.1, -0.05) is 24.2 Å². The number of hydrogen-bond donors (Lipinski definition) is 1. The number of rotatable bonds is 6. The molecular weight excluding hydrogens is 350 g/mol. The molecule has 4 aromatic rings. The lowest BCUT2D eigenvalue weighted by Crippen LogP contribution is -2.25. The lowest BCUT2D eigenvalue weighted by Gasteiger charge is -2.17. The van der Waals surface area contributed by atoms with Crippen LogP contribution < -0.4 is 5.56 Å². The van der Waals surface area contributed by atoms with E-state index >= 15 is 0 Å². The first-order chi connectivity index (χ1) is 12.7. The van der Waals surface area contributed by atoms with Crippen molar-refractivity contribution in [2.45, 2.75) is 20.0 Å². The number of nitrogens with one attached hydrogen (secondary N) is 1. The summed E-state index contributed by atoms with van der Waals surface area (Å²) >= 11 is 1.59. The van der Waals surface area contributed by atoms with Crippen molar-refractivity contribution in [3.63, 3.8) is 0 Å². The summed E-state index contributed by atoms with van der Waals surface area (Å²) in [6.45, 7) is 3.78.